The molecule has 49 heavy (non-hydrogen) atoms. The second-order valence-corrected chi connectivity index (χ2v) is 15.1. The Labute approximate surface area is 296 Å². The Bertz CT molecular complexity index is 1370. The lowest BCUT2D eigenvalue weighted by molar-refractivity contribution is -0.144. The first kappa shape index (κ1) is 39.8. The van der Waals surface area contributed by atoms with E-state index in [4.69, 9.17) is 16.3 Å². The van der Waals surface area contributed by atoms with E-state index in [0.29, 0.717) is 23.7 Å². The molecule has 5 amide bonds. The summed E-state index contributed by atoms with van der Waals surface area (Å²) in [6.45, 7) is 11.4. The van der Waals surface area contributed by atoms with Crippen LogP contribution in [0, 0.1) is 18.8 Å². The van der Waals surface area contributed by atoms with Crippen LogP contribution < -0.4 is 16.0 Å². The van der Waals surface area contributed by atoms with Crippen LogP contribution in [0.4, 0.5) is 4.79 Å². The smallest absolute Gasteiger partial charge is 0.408 e. The minimum absolute atomic E-state index is 0.0230. The van der Waals surface area contributed by atoms with Crippen LogP contribution in [0.3, 0.4) is 0 Å². The van der Waals surface area contributed by atoms with E-state index in [9.17, 15) is 24.0 Å². The molecule has 1 fully saturated rings. The molecule has 12 nitrogen and oxygen atoms in total. The maximum absolute atomic E-state index is 14.2. The number of pyridine rings is 1. The number of carbonyl (C=O) groups excluding carboxylic acids is 5. The van der Waals surface area contributed by atoms with Crippen LogP contribution in [0.1, 0.15) is 90.8 Å². The normalized spacial score (nSPS) is 22.9. The molecule has 4 atom stereocenters. The van der Waals surface area contributed by atoms with Gasteiger partial charge in [-0.2, -0.15) is 0 Å². The van der Waals surface area contributed by atoms with E-state index >= 15 is 0 Å². The lowest BCUT2D eigenvalue weighted by Gasteiger charge is -2.34. The first-order valence-corrected chi connectivity index (χ1v) is 17.7. The number of likely N-dealkylation sites (N-methyl/N-ethyl adjacent to an activating group) is 2. The molecule has 1 saturated carbocycles. The maximum Gasteiger partial charge on any atom is 0.408 e. The number of hydrogen-bond donors (Lipinski definition) is 3. The van der Waals surface area contributed by atoms with Crippen LogP contribution in [0.2, 0.25) is 5.02 Å². The van der Waals surface area contributed by atoms with Crippen molar-refractivity contribution in [2.45, 2.75) is 123 Å². The molecule has 1 aromatic heterocycles. The average molecular weight is 703 g/mol. The fourth-order valence-corrected chi connectivity index (χ4v) is 6.03. The zero-order valence-corrected chi connectivity index (χ0v) is 31.1. The van der Waals surface area contributed by atoms with Crippen LogP contribution in [-0.4, -0.2) is 94.9 Å². The van der Waals surface area contributed by atoms with Gasteiger partial charge in [0.15, 0.2) is 0 Å². The molecule has 13 heteroatoms. The predicted octanol–water partition coefficient (Wildman–Crippen LogP) is 4.32. The fraction of sp³-hybridized carbons (Fsp3) is 0.667. The highest BCUT2D eigenvalue weighted by Gasteiger charge is 2.42. The van der Waals surface area contributed by atoms with Crippen LogP contribution in [0.25, 0.3) is 0 Å². The molecule has 1 aliphatic heterocycles. The first-order chi connectivity index (χ1) is 23.0. The molecule has 3 N–H and O–H groups in total. The summed E-state index contributed by atoms with van der Waals surface area (Å²) in [5.41, 5.74) is 0.696. The lowest BCUT2D eigenvalue weighted by atomic mass is 9.98. The van der Waals surface area contributed by atoms with Crippen molar-refractivity contribution in [2.24, 2.45) is 11.8 Å². The minimum atomic E-state index is -0.964. The summed E-state index contributed by atoms with van der Waals surface area (Å²) in [6.07, 6.45) is 9.17. The van der Waals surface area contributed by atoms with Gasteiger partial charge >= 0.3 is 6.09 Å². The van der Waals surface area contributed by atoms with Gasteiger partial charge in [-0.3, -0.25) is 24.2 Å². The monoisotopic (exact) mass is 702 g/mol. The van der Waals surface area contributed by atoms with Crippen molar-refractivity contribution in [1.29, 1.82) is 0 Å². The van der Waals surface area contributed by atoms with Crippen molar-refractivity contribution < 1.29 is 28.7 Å². The molecule has 2 heterocycles. The number of nitrogens with zero attached hydrogens (tertiary/aromatic N) is 3. The quantitative estimate of drug-likeness (QED) is 0.342. The Balaban J connectivity index is 1.93. The predicted molar refractivity (Wildman–Crippen MR) is 189 cm³/mol. The van der Waals surface area contributed by atoms with E-state index in [-0.39, 0.29) is 30.6 Å². The Morgan fingerprint density at radius 3 is 2.47 bits per heavy atom. The molecule has 0 saturated heterocycles. The summed E-state index contributed by atoms with van der Waals surface area (Å²) in [4.78, 5) is 75.6. The van der Waals surface area contributed by atoms with Crippen LogP contribution in [0.5, 0.6) is 0 Å². The number of halogens is 1. The number of amides is 5. The summed E-state index contributed by atoms with van der Waals surface area (Å²) in [5, 5.41) is 9.09. The molecule has 1 aliphatic carbocycles. The van der Waals surface area contributed by atoms with Gasteiger partial charge < -0.3 is 30.5 Å². The van der Waals surface area contributed by atoms with Gasteiger partial charge in [0.2, 0.25) is 23.6 Å². The average Bonchev–Trinajstić information content (AvgIpc) is 3.85. The molecule has 0 radical (unpaired) electrons. The van der Waals surface area contributed by atoms with E-state index < -0.39 is 53.6 Å². The Kier molecular flexibility index (Phi) is 14.5. The molecule has 3 rings (SSSR count). The second kappa shape index (κ2) is 17.8. The summed E-state index contributed by atoms with van der Waals surface area (Å²) in [6, 6.07) is -1.90. The van der Waals surface area contributed by atoms with Crippen molar-refractivity contribution in [2.75, 3.05) is 20.6 Å². The molecule has 1 aromatic rings. The highest BCUT2D eigenvalue weighted by molar-refractivity contribution is 6.30. The van der Waals surface area contributed by atoms with Crippen molar-refractivity contribution in [1.82, 2.24) is 30.7 Å². The summed E-state index contributed by atoms with van der Waals surface area (Å²) in [5.74, 6) is -1.66. The van der Waals surface area contributed by atoms with Gasteiger partial charge in [0.25, 0.3) is 0 Å². The topological polar surface area (TPSA) is 150 Å². The zero-order chi connectivity index (χ0) is 36.5. The molecule has 0 bridgehead atoms. The number of rotatable bonds is 8. The number of ether oxygens (including phenoxy) is 1. The highest BCUT2D eigenvalue weighted by atomic mass is 35.5. The standard InChI is InChI=1S/C36H55ClN6O6/c1-22(2)18-27-33(46)43(8)29(20-25-19-26(37)21-39-23(25)3)31(44)38-17-13-11-9-10-12-14-28(32(45)40-27)42(7)34(47)30(24-15-16-24)41-35(48)49-36(4,5)6/h10,12,19,21-22,24,27-30H,9,11,13-18,20H2,1-8H3,(H,38,44)(H,40,45)(H,41,48)/b12-10+/t27-,28-,29-,30-/m0/s1. The van der Waals surface area contributed by atoms with E-state index in [1.54, 1.807) is 40.9 Å². The number of nitrogens with one attached hydrogen (secondary N) is 3. The minimum Gasteiger partial charge on any atom is -0.444 e. The van der Waals surface area contributed by atoms with Gasteiger partial charge in [0, 0.05) is 39.0 Å². The van der Waals surface area contributed by atoms with E-state index in [2.05, 4.69) is 20.9 Å². The fourth-order valence-electron chi connectivity index (χ4n) is 5.85. The van der Waals surface area contributed by atoms with Gasteiger partial charge in [-0.1, -0.05) is 37.6 Å². The lowest BCUT2D eigenvalue weighted by Crippen LogP contribution is -2.59. The Morgan fingerprint density at radius 1 is 1.14 bits per heavy atom. The van der Waals surface area contributed by atoms with Gasteiger partial charge in [-0.05, 0) is 96.1 Å². The molecular formula is C36H55ClN6O6. The number of allylic oxidation sites excluding steroid dienone is 1. The number of carbonyl (C=O) groups is 5. The van der Waals surface area contributed by atoms with Gasteiger partial charge in [-0.25, -0.2) is 4.79 Å². The van der Waals surface area contributed by atoms with E-state index in [0.717, 1.165) is 37.7 Å². The Morgan fingerprint density at radius 2 is 1.84 bits per heavy atom. The summed E-state index contributed by atoms with van der Waals surface area (Å²) < 4.78 is 5.42. The SMILES string of the molecule is Cc1ncc(Cl)cc1C[C@H]1C(=O)NCCCC/C=C/C[C@H](N(C)C(=O)[C@@H](NC(=O)OC(C)(C)C)C2CC2)C(=O)N[C@@H](CC(C)C)C(=O)N1C. The van der Waals surface area contributed by atoms with Gasteiger partial charge in [0.1, 0.15) is 29.8 Å². The number of aryl methyl sites for hydroxylation is 1. The summed E-state index contributed by atoms with van der Waals surface area (Å²) in [7, 11) is 3.12. The third kappa shape index (κ3) is 12.3. The number of hydrogen-bond acceptors (Lipinski definition) is 7. The van der Waals surface area contributed by atoms with Gasteiger partial charge in [-0.15, -0.1) is 0 Å². The second-order valence-electron chi connectivity index (χ2n) is 14.7. The van der Waals surface area contributed by atoms with E-state index in [1.165, 1.54) is 16.0 Å². The zero-order valence-electron chi connectivity index (χ0n) is 30.3. The van der Waals surface area contributed by atoms with Crippen molar-refractivity contribution in [3.05, 3.63) is 40.7 Å². The first-order valence-electron chi connectivity index (χ1n) is 17.4. The number of aromatic nitrogens is 1. The van der Waals surface area contributed by atoms with Crippen molar-refractivity contribution in [3.63, 3.8) is 0 Å². The summed E-state index contributed by atoms with van der Waals surface area (Å²) >= 11 is 6.24. The number of alkyl carbamates (subject to hydrolysis) is 1. The highest BCUT2D eigenvalue weighted by Crippen LogP contribution is 2.34. The maximum atomic E-state index is 14.2. The molecule has 2 aliphatic rings. The third-order valence-corrected chi connectivity index (χ3v) is 8.99. The third-order valence-electron chi connectivity index (χ3n) is 8.78. The molecular weight excluding hydrogens is 648 g/mol. The van der Waals surface area contributed by atoms with Gasteiger partial charge in [0.05, 0.1) is 5.02 Å². The Hall–Kier alpha value is -3.67. The largest absolute Gasteiger partial charge is 0.444 e. The van der Waals surface area contributed by atoms with Crippen LogP contribution >= 0.6 is 11.6 Å². The molecule has 0 unspecified atom stereocenters. The van der Waals surface area contributed by atoms with Crippen LogP contribution in [-0.2, 0) is 30.3 Å². The molecule has 272 valence electrons. The van der Waals surface area contributed by atoms with E-state index in [1.807, 2.05) is 32.9 Å². The van der Waals surface area contributed by atoms with Crippen LogP contribution in [0.15, 0.2) is 24.4 Å². The van der Waals surface area contributed by atoms with Crippen molar-refractivity contribution in [3.8, 4) is 0 Å². The molecule has 0 spiro atoms. The molecule has 0 aromatic carbocycles. The van der Waals surface area contributed by atoms with Crippen molar-refractivity contribution >= 4 is 41.3 Å².